The van der Waals surface area contributed by atoms with Gasteiger partial charge in [0.15, 0.2) is 5.65 Å². The van der Waals surface area contributed by atoms with Gasteiger partial charge in [0.2, 0.25) is 0 Å². The molecule has 0 bridgehead atoms. The smallest absolute Gasteiger partial charge is 0.272 e. The van der Waals surface area contributed by atoms with Crippen LogP contribution in [0.5, 0.6) is 0 Å². The maximum absolute atomic E-state index is 4.90. The van der Waals surface area contributed by atoms with Crippen LogP contribution < -0.4 is 0 Å². The van der Waals surface area contributed by atoms with Gasteiger partial charge in [-0.1, -0.05) is 45.4 Å². The Kier molecular flexibility index (Phi) is 4.42. The summed E-state index contributed by atoms with van der Waals surface area (Å²) in [5, 5.41) is 14.8. The molecule has 4 aromatic rings. The molecule has 0 unspecified atom stereocenters. The molecule has 0 saturated heterocycles. The van der Waals surface area contributed by atoms with E-state index in [-0.39, 0.29) is 0 Å². The van der Waals surface area contributed by atoms with Gasteiger partial charge in [-0.05, 0) is 37.8 Å². The van der Waals surface area contributed by atoms with Crippen LogP contribution in [0.15, 0.2) is 24.3 Å². The normalized spacial score (nSPS) is 11.9. The summed E-state index contributed by atoms with van der Waals surface area (Å²) in [6, 6.07) is 8.32. The van der Waals surface area contributed by atoms with Gasteiger partial charge in [0.25, 0.3) is 5.95 Å². The number of rotatable bonds is 5. The zero-order valence-electron chi connectivity index (χ0n) is 16.7. The first-order chi connectivity index (χ1) is 13.0. The summed E-state index contributed by atoms with van der Waals surface area (Å²) in [4.78, 5) is 4.90. The Balaban J connectivity index is 1.95. The number of hydrogen-bond donors (Lipinski definition) is 0. The van der Waals surface area contributed by atoms with Crippen molar-refractivity contribution in [1.29, 1.82) is 0 Å². The third kappa shape index (κ3) is 2.89. The van der Waals surface area contributed by atoms with E-state index in [0.717, 1.165) is 52.8 Å². The first kappa shape index (κ1) is 17.6. The Labute approximate surface area is 159 Å². The summed E-state index contributed by atoms with van der Waals surface area (Å²) >= 11 is 0. The number of benzene rings is 1. The monoisotopic (exact) mass is 362 g/mol. The van der Waals surface area contributed by atoms with Crippen molar-refractivity contribution in [2.24, 2.45) is 5.92 Å². The standard InChI is InChI=1S/C21H26N6/c1-6-9-16-14(4)25-27(15(16)5)21-22-20-19(23-24-21)17-10-7-8-11-18(17)26(20)12-13(2)3/h7-8,10-11,13H,6,9,12H2,1-5H3. The molecule has 0 aliphatic carbocycles. The van der Waals surface area contributed by atoms with Crippen LogP contribution in [0, 0.1) is 19.8 Å². The van der Waals surface area contributed by atoms with Gasteiger partial charge in [-0.25, -0.2) is 4.68 Å². The minimum absolute atomic E-state index is 0.507. The lowest BCUT2D eigenvalue weighted by atomic mass is 10.1. The molecule has 1 aromatic carbocycles. The molecule has 0 aliphatic heterocycles. The van der Waals surface area contributed by atoms with E-state index >= 15 is 0 Å². The molecule has 0 N–H and O–H groups in total. The van der Waals surface area contributed by atoms with E-state index < -0.39 is 0 Å². The molecule has 140 valence electrons. The predicted octanol–water partition coefficient (Wildman–Crippen LogP) is 4.39. The van der Waals surface area contributed by atoms with Crippen molar-refractivity contribution in [3.05, 3.63) is 41.2 Å². The summed E-state index contributed by atoms with van der Waals surface area (Å²) in [5.74, 6) is 1.05. The first-order valence-corrected chi connectivity index (χ1v) is 9.68. The van der Waals surface area contributed by atoms with Crippen molar-refractivity contribution < 1.29 is 0 Å². The molecule has 0 spiro atoms. The van der Waals surface area contributed by atoms with Gasteiger partial charge < -0.3 is 4.57 Å². The van der Waals surface area contributed by atoms with Gasteiger partial charge in [0, 0.05) is 17.6 Å². The highest BCUT2D eigenvalue weighted by Gasteiger charge is 2.18. The predicted molar refractivity (Wildman–Crippen MR) is 108 cm³/mol. The zero-order chi connectivity index (χ0) is 19.1. The lowest BCUT2D eigenvalue weighted by Crippen LogP contribution is -2.10. The van der Waals surface area contributed by atoms with Crippen LogP contribution >= 0.6 is 0 Å². The average molecular weight is 362 g/mol. The molecule has 3 heterocycles. The fraction of sp³-hybridized carbons (Fsp3) is 0.429. The van der Waals surface area contributed by atoms with Crippen molar-refractivity contribution in [1.82, 2.24) is 29.5 Å². The van der Waals surface area contributed by atoms with Crippen LogP contribution in [0.1, 0.15) is 44.1 Å². The third-order valence-electron chi connectivity index (χ3n) is 5.04. The second-order valence-corrected chi connectivity index (χ2v) is 7.62. The minimum atomic E-state index is 0.507. The average Bonchev–Trinajstić information content (AvgIpc) is 3.11. The highest BCUT2D eigenvalue weighted by atomic mass is 15.4. The summed E-state index contributed by atoms with van der Waals surface area (Å²) in [5.41, 5.74) is 6.30. The molecule has 27 heavy (non-hydrogen) atoms. The van der Waals surface area contributed by atoms with Gasteiger partial charge in [-0.3, -0.25) is 0 Å². The lowest BCUT2D eigenvalue weighted by molar-refractivity contribution is 0.542. The zero-order valence-corrected chi connectivity index (χ0v) is 16.7. The highest BCUT2D eigenvalue weighted by molar-refractivity contribution is 6.04. The van der Waals surface area contributed by atoms with Crippen LogP contribution in [-0.4, -0.2) is 29.5 Å². The van der Waals surface area contributed by atoms with Crippen LogP contribution in [-0.2, 0) is 13.0 Å². The number of nitrogens with zero attached hydrogens (tertiary/aromatic N) is 6. The molecule has 0 radical (unpaired) electrons. The number of aryl methyl sites for hydroxylation is 1. The fourth-order valence-corrected chi connectivity index (χ4v) is 3.82. The van der Waals surface area contributed by atoms with E-state index in [2.05, 4.69) is 67.6 Å². The van der Waals surface area contributed by atoms with Gasteiger partial charge in [0.05, 0.1) is 11.2 Å². The van der Waals surface area contributed by atoms with E-state index in [1.54, 1.807) is 0 Å². The largest absolute Gasteiger partial charge is 0.323 e. The summed E-state index contributed by atoms with van der Waals surface area (Å²) in [6.45, 7) is 11.6. The van der Waals surface area contributed by atoms with Crippen LogP contribution in [0.2, 0.25) is 0 Å². The number of para-hydroxylation sites is 1. The maximum atomic E-state index is 4.90. The molecule has 4 rings (SSSR count). The van der Waals surface area contributed by atoms with Crippen molar-refractivity contribution in [2.45, 2.75) is 54.0 Å². The first-order valence-electron chi connectivity index (χ1n) is 9.68. The number of aromatic nitrogens is 6. The molecule has 6 heteroatoms. The highest BCUT2D eigenvalue weighted by Crippen LogP contribution is 2.27. The lowest BCUT2D eigenvalue weighted by Gasteiger charge is -2.10. The van der Waals surface area contributed by atoms with Gasteiger partial charge in [0.1, 0.15) is 5.52 Å². The molecular formula is C21H26N6. The molecular weight excluding hydrogens is 336 g/mol. The SMILES string of the molecule is CCCc1c(C)nn(-c2nnc3c4ccccc4n(CC(C)C)c3n2)c1C. The minimum Gasteiger partial charge on any atom is -0.323 e. The molecule has 0 amide bonds. The second kappa shape index (κ2) is 6.76. The molecule has 0 aliphatic rings. The van der Waals surface area contributed by atoms with E-state index in [1.807, 2.05) is 10.7 Å². The van der Waals surface area contributed by atoms with Crippen molar-refractivity contribution >= 4 is 22.1 Å². The van der Waals surface area contributed by atoms with Crippen LogP contribution in [0.4, 0.5) is 0 Å². The van der Waals surface area contributed by atoms with Gasteiger partial charge in [-0.2, -0.15) is 10.1 Å². The third-order valence-corrected chi connectivity index (χ3v) is 5.04. The molecule has 0 fully saturated rings. The topological polar surface area (TPSA) is 61.4 Å². The second-order valence-electron chi connectivity index (χ2n) is 7.62. The van der Waals surface area contributed by atoms with Crippen LogP contribution in [0.25, 0.3) is 28.0 Å². The fourth-order valence-electron chi connectivity index (χ4n) is 3.82. The Bertz CT molecular complexity index is 1120. The van der Waals surface area contributed by atoms with Crippen molar-refractivity contribution in [2.75, 3.05) is 0 Å². The quantitative estimate of drug-likeness (QED) is 0.528. The summed E-state index contributed by atoms with van der Waals surface area (Å²) < 4.78 is 4.09. The van der Waals surface area contributed by atoms with Crippen molar-refractivity contribution in [3.8, 4) is 5.95 Å². The molecule has 6 nitrogen and oxygen atoms in total. The van der Waals surface area contributed by atoms with E-state index in [0.29, 0.717) is 11.9 Å². The Morgan fingerprint density at radius 3 is 2.59 bits per heavy atom. The Morgan fingerprint density at radius 1 is 1.07 bits per heavy atom. The van der Waals surface area contributed by atoms with Gasteiger partial charge >= 0.3 is 0 Å². The number of hydrogen-bond acceptors (Lipinski definition) is 4. The van der Waals surface area contributed by atoms with E-state index in [9.17, 15) is 0 Å². The molecule has 0 atom stereocenters. The summed E-state index contributed by atoms with van der Waals surface area (Å²) in [7, 11) is 0. The Morgan fingerprint density at radius 2 is 1.85 bits per heavy atom. The summed E-state index contributed by atoms with van der Waals surface area (Å²) in [6.07, 6.45) is 2.11. The number of fused-ring (bicyclic) bond motifs is 3. The Hall–Kier alpha value is -2.76. The van der Waals surface area contributed by atoms with Crippen LogP contribution in [0.3, 0.4) is 0 Å². The maximum Gasteiger partial charge on any atom is 0.272 e. The van der Waals surface area contributed by atoms with Crippen molar-refractivity contribution in [3.63, 3.8) is 0 Å². The van der Waals surface area contributed by atoms with E-state index in [1.165, 1.54) is 5.56 Å². The van der Waals surface area contributed by atoms with E-state index in [4.69, 9.17) is 10.1 Å². The molecule has 0 saturated carbocycles. The molecule has 3 aromatic heterocycles. The van der Waals surface area contributed by atoms with Gasteiger partial charge in [-0.15, -0.1) is 10.2 Å².